The fraction of sp³-hybridized carbons (Fsp3) is 0.375. The number of benzene rings is 1. The van der Waals surface area contributed by atoms with Crippen LogP contribution in [0.1, 0.15) is 12.5 Å². The van der Waals surface area contributed by atoms with E-state index in [0.717, 1.165) is 20.2 Å². The first-order valence-electron chi connectivity index (χ1n) is 7.19. The normalized spacial score (nSPS) is 11.9. The zero-order valence-electron chi connectivity index (χ0n) is 13.9. The van der Waals surface area contributed by atoms with Crippen molar-refractivity contribution in [1.82, 2.24) is 10.0 Å². The van der Waals surface area contributed by atoms with Crippen molar-refractivity contribution in [3.8, 4) is 5.75 Å². The number of ether oxygens (including phenoxy) is 2. The maximum absolute atomic E-state index is 12.0. The Labute approximate surface area is 153 Å². The Morgan fingerprint density at radius 3 is 2.54 bits per heavy atom. The number of carbonyl (C=O) groups is 2. The molecule has 0 saturated carbocycles. The van der Waals surface area contributed by atoms with Gasteiger partial charge in [0.05, 0.1) is 19.7 Å². The second-order valence-corrected chi connectivity index (χ2v) is 6.13. The van der Waals surface area contributed by atoms with Gasteiger partial charge in [0.1, 0.15) is 22.6 Å². The van der Waals surface area contributed by atoms with Gasteiger partial charge in [-0.1, -0.05) is 0 Å². The van der Waals surface area contributed by atoms with Crippen molar-refractivity contribution in [1.29, 1.82) is 0 Å². The molecular formula is C16H19IN2O5. The third-order valence-corrected chi connectivity index (χ3v) is 4.72. The molecule has 1 N–H and O–H groups in total. The minimum Gasteiger partial charge on any atom is -0.497 e. The molecule has 0 aliphatic rings. The van der Waals surface area contributed by atoms with Crippen molar-refractivity contribution in [2.24, 2.45) is 0 Å². The summed E-state index contributed by atoms with van der Waals surface area (Å²) in [6.45, 7) is 1.36. The quantitative estimate of drug-likeness (QED) is 0.538. The zero-order valence-corrected chi connectivity index (χ0v) is 16.0. The average molecular weight is 446 g/mol. The molecule has 130 valence electrons. The van der Waals surface area contributed by atoms with E-state index in [4.69, 9.17) is 14.3 Å². The number of hydrogen-bond acceptors (Lipinski definition) is 5. The standard InChI is InChI=1S/C16H19IN2O5/c1-9(20)18-13(16(21)23-3)8-12-11-7-10(22-2)5-6-14(11)19(24-4)15(12)17/h5-7,13H,8H2,1-4H3,(H,18,20)/t13-/m0/s1. The maximum Gasteiger partial charge on any atom is 0.328 e. The van der Waals surface area contributed by atoms with E-state index >= 15 is 0 Å². The third-order valence-electron chi connectivity index (χ3n) is 3.63. The molecule has 2 aromatic rings. The van der Waals surface area contributed by atoms with Crippen molar-refractivity contribution < 1.29 is 23.9 Å². The van der Waals surface area contributed by atoms with Gasteiger partial charge >= 0.3 is 5.97 Å². The third kappa shape index (κ3) is 3.58. The number of nitrogens with zero attached hydrogens (tertiary/aromatic N) is 1. The van der Waals surface area contributed by atoms with E-state index in [0.29, 0.717) is 5.75 Å². The van der Waals surface area contributed by atoms with Gasteiger partial charge in [-0.25, -0.2) is 4.79 Å². The maximum atomic E-state index is 12.0. The molecule has 7 nitrogen and oxygen atoms in total. The number of hydrogen-bond donors (Lipinski definition) is 1. The number of esters is 1. The number of methoxy groups -OCH3 is 2. The Hall–Kier alpha value is -1.97. The molecule has 0 aliphatic carbocycles. The summed E-state index contributed by atoms with van der Waals surface area (Å²) in [6, 6.07) is 4.82. The molecule has 0 unspecified atom stereocenters. The van der Waals surface area contributed by atoms with Gasteiger partial charge in [-0.05, 0) is 46.4 Å². The smallest absolute Gasteiger partial charge is 0.328 e. The fourth-order valence-electron chi connectivity index (χ4n) is 2.56. The van der Waals surface area contributed by atoms with Crippen LogP contribution in [0.2, 0.25) is 0 Å². The van der Waals surface area contributed by atoms with Crippen LogP contribution in [0, 0.1) is 3.70 Å². The second kappa shape index (κ2) is 7.73. The van der Waals surface area contributed by atoms with Gasteiger partial charge in [0.2, 0.25) is 5.91 Å². The zero-order chi connectivity index (χ0) is 17.9. The summed E-state index contributed by atoms with van der Waals surface area (Å²) < 4.78 is 12.6. The van der Waals surface area contributed by atoms with Crippen LogP contribution >= 0.6 is 22.6 Å². The van der Waals surface area contributed by atoms with E-state index in [2.05, 4.69) is 27.9 Å². The van der Waals surface area contributed by atoms with Crippen molar-refractivity contribution in [3.63, 3.8) is 0 Å². The summed E-state index contributed by atoms with van der Waals surface area (Å²) in [5.41, 5.74) is 1.72. The highest BCUT2D eigenvalue weighted by Crippen LogP contribution is 2.31. The second-order valence-electron chi connectivity index (χ2n) is 5.11. The topological polar surface area (TPSA) is 78.8 Å². The Kier molecular flexibility index (Phi) is 5.92. The number of amides is 1. The molecule has 1 aromatic heterocycles. The molecule has 0 aliphatic heterocycles. The highest BCUT2D eigenvalue weighted by atomic mass is 127. The molecule has 1 aromatic carbocycles. The Morgan fingerprint density at radius 1 is 1.29 bits per heavy atom. The Morgan fingerprint density at radius 2 is 2.00 bits per heavy atom. The molecular weight excluding hydrogens is 427 g/mol. The molecule has 0 radical (unpaired) electrons. The molecule has 0 bridgehead atoms. The summed E-state index contributed by atoms with van der Waals surface area (Å²) in [5, 5.41) is 3.52. The Bertz CT molecular complexity index is 771. The van der Waals surface area contributed by atoms with Gasteiger partial charge < -0.3 is 19.6 Å². The highest BCUT2D eigenvalue weighted by molar-refractivity contribution is 14.1. The van der Waals surface area contributed by atoms with E-state index in [-0.39, 0.29) is 12.3 Å². The van der Waals surface area contributed by atoms with Crippen LogP contribution < -0.4 is 14.9 Å². The molecule has 2 rings (SSSR count). The van der Waals surface area contributed by atoms with E-state index in [1.165, 1.54) is 14.0 Å². The van der Waals surface area contributed by atoms with E-state index in [1.807, 2.05) is 18.2 Å². The lowest BCUT2D eigenvalue weighted by molar-refractivity contribution is -0.144. The summed E-state index contributed by atoms with van der Waals surface area (Å²) >= 11 is 2.15. The fourth-order valence-corrected chi connectivity index (χ4v) is 3.53. The van der Waals surface area contributed by atoms with Crippen LogP contribution in [-0.2, 0) is 20.7 Å². The SMILES string of the molecule is COC(=O)[C@H](Cc1c(I)n(OC)c2ccc(OC)cc12)NC(C)=O. The predicted molar refractivity (Wildman–Crippen MR) is 97.0 cm³/mol. The van der Waals surface area contributed by atoms with Crippen LogP contribution in [-0.4, -0.2) is 44.0 Å². The van der Waals surface area contributed by atoms with Crippen molar-refractivity contribution in [2.45, 2.75) is 19.4 Å². The molecule has 8 heteroatoms. The molecule has 1 atom stereocenters. The number of aromatic nitrogens is 1. The average Bonchev–Trinajstić information content (AvgIpc) is 2.83. The number of halogens is 1. The van der Waals surface area contributed by atoms with E-state index < -0.39 is 12.0 Å². The van der Waals surface area contributed by atoms with Crippen molar-refractivity contribution >= 4 is 45.4 Å². The summed E-state index contributed by atoms with van der Waals surface area (Å²) in [5.74, 6) is -0.0989. The monoisotopic (exact) mass is 446 g/mol. The van der Waals surface area contributed by atoms with Gasteiger partial charge in [0.15, 0.2) is 0 Å². The van der Waals surface area contributed by atoms with Crippen LogP contribution in [0.5, 0.6) is 5.75 Å². The van der Waals surface area contributed by atoms with Crippen LogP contribution in [0.15, 0.2) is 18.2 Å². The molecule has 24 heavy (non-hydrogen) atoms. The summed E-state index contributed by atoms with van der Waals surface area (Å²) in [7, 11) is 4.46. The number of rotatable bonds is 6. The largest absolute Gasteiger partial charge is 0.497 e. The van der Waals surface area contributed by atoms with Gasteiger partial charge in [-0.15, -0.1) is 0 Å². The van der Waals surface area contributed by atoms with Gasteiger partial charge in [-0.3, -0.25) is 4.79 Å². The minimum absolute atomic E-state index is 0.282. The first-order valence-corrected chi connectivity index (χ1v) is 8.27. The molecule has 1 heterocycles. The lowest BCUT2D eigenvalue weighted by Crippen LogP contribution is -2.42. The molecule has 0 saturated heterocycles. The summed E-state index contributed by atoms with van der Waals surface area (Å²) in [4.78, 5) is 28.8. The van der Waals surface area contributed by atoms with Crippen LogP contribution in [0.3, 0.4) is 0 Å². The molecule has 1 amide bonds. The number of carbonyl (C=O) groups excluding carboxylic acids is 2. The Balaban J connectivity index is 2.54. The lowest BCUT2D eigenvalue weighted by atomic mass is 10.0. The van der Waals surface area contributed by atoms with Gasteiger partial charge in [-0.2, -0.15) is 4.73 Å². The number of fused-ring (bicyclic) bond motifs is 1. The van der Waals surface area contributed by atoms with E-state index in [9.17, 15) is 9.59 Å². The molecule has 0 fully saturated rings. The first-order chi connectivity index (χ1) is 11.4. The molecule has 0 spiro atoms. The highest BCUT2D eigenvalue weighted by Gasteiger charge is 2.25. The van der Waals surface area contributed by atoms with Gasteiger partial charge in [0.25, 0.3) is 0 Å². The first kappa shape index (κ1) is 18.4. The van der Waals surface area contributed by atoms with Gasteiger partial charge in [0, 0.05) is 18.7 Å². The van der Waals surface area contributed by atoms with E-state index in [1.54, 1.807) is 19.0 Å². The lowest BCUT2D eigenvalue weighted by Gasteiger charge is -2.15. The van der Waals surface area contributed by atoms with Crippen LogP contribution in [0.4, 0.5) is 0 Å². The van der Waals surface area contributed by atoms with Crippen LogP contribution in [0.25, 0.3) is 10.9 Å². The number of nitrogens with one attached hydrogen (secondary N) is 1. The predicted octanol–water partition coefficient (Wildman–Crippen LogP) is 1.53. The van der Waals surface area contributed by atoms with Crippen molar-refractivity contribution in [2.75, 3.05) is 21.3 Å². The summed E-state index contributed by atoms with van der Waals surface area (Å²) in [6.07, 6.45) is 0.282. The minimum atomic E-state index is -0.775. The van der Waals surface area contributed by atoms with Crippen molar-refractivity contribution in [3.05, 3.63) is 27.5 Å².